The molecule has 0 aliphatic carbocycles. The maximum Gasteiger partial charge on any atom is 0.266 e. The quantitative estimate of drug-likeness (QED) is 0.530. The molecule has 0 bridgehead atoms. The Morgan fingerprint density at radius 3 is 2.64 bits per heavy atom. The van der Waals surface area contributed by atoms with E-state index in [4.69, 9.17) is 9.47 Å². The molecular weight excluding hydrogens is 172 g/mol. The fraction of sp³-hybridized carbons (Fsp3) is 1.00. The van der Waals surface area contributed by atoms with E-state index in [0.717, 1.165) is 6.26 Å². The molecule has 0 spiro atoms. The van der Waals surface area contributed by atoms with Crippen LogP contribution in [-0.2, 0) is 23.8 Å². The van der Waals surface area contributed by atoms with Gasteiger partial charge in [0.1, 0.15) is 0 Å². The lowest BCUT2D eigenvalue weighted by molar-refractivity contribution is -0.168. The number of hydrogen-bond acceptors (Lipinski definition) is 5. The van der Waals surface area contributed by atoms with E-state index in [1.54, 1.807) is 0 Å². The average Bonchev–Trinajstić information content (AvgIpc) is 1.85. The Kier molecular flexibility index (Phi) is 2.83. The van der Waals surface area contributed by atoms with Gasteiger partial charge in [-0.1, -0.05) is 0 Å². The number of hydrogen-bond donors (Lipinski definition) is 0. The molecule has 1 atom stereocenters. The SMILES string of the molecule is CS(=O)(=O)O[C@@H]1COCCO1. The molecule has 0 unspecified atom stereocenters. The van der Waals surface area contributed by atoms with Gasteiger partial charge in [0.25, 0.3) is 10.1 Å². The fourth-order valence-electron chi connectivity index (χ4n) is 0.717. The summed E-state index contributed by atoms with van der Waals surface area (Å²) >= 11 is 0. The Balaban J connectivity index is 2.36. The summed E-state index contributed by atoms with van der Waals surface area (Å²) in [5.74, 6) is 0. The molecule has 66 valence electrons. The van der Waals surface area contributed by atoms with E-state index in [9.17, 15) is 8.42 Å². The first kappa shape index (κ1) is 8.92. The van der Waals surface area contributed by atoms with Gasteiger partial charge >= 0.3 is 0 Å². The van der Waals surface area contributed by atoms with Crippen LogP contribution in [0.4, 0.5) is 0 Å². The molecular formula is C5H10O5S. The van der Waals surface area contributed by atoms with Crippen LogP contribution >= 0.6 is 0 Å². The van der Waals surface area contributed by atoms with Gasteiger partial charge in [-0.25, -0.2) is 4.18 Å². The molecule has 5 nitrogen and oxygen atoms in total. The zero-order valence-corrected chi connectivity index (χ0v) is 6.96. The van der Waals surface area contributed by atoms with E-state index in [1.807, 2.05) is 0 Å². The Morgan fingerprint density at radius 1 is 1.45 bits per heavy atom. The van der Waals surface area contributed by atoms with Crippen molar-refractivity contribution in [2.45, 2.75) is 6.29 Å². The molecule has 0 aromatic heterocycles. The minimum absolute atomic E-state index is 0.174. The van der Waals surface area contributed by atoms with Crippen molar-refractivity contribution in [3.8, 4) is 0 Å². The van der Waals surface area contributed by atoms with Gasteiger partial charge in [-0.3, -0.25) is 0 Å². The van der Waals surface area contributed by atoms with Gasteiger partial charge in [0, 0.05) is 0 Å². The third kappa shape index (κ3) is 3.66. The monoisotopic (exact) mass is 182 g/mol. The van der Waals surface area contributed by atoms with Gasteiger partial charge in [-0.15, -0.1) is 0 Å². The Bertz CT molecular complexity index is 203. The Labute approximate surface area is 65.4 Å². The summed E-state index contributed by atoms with van der Waals surface area (Å²) in [6.45, 7) is 1.04. The van der Waals surface area contributed by atoms with Crippen LogP contribution in [0.25, 0.3) is 0 Å². The molecule has 1 aliphatic heterocycles. The maximum absolute atomic E-state index is 10.5. The van der Waals surface area contributed by atoms with Gasteiger partial charge in [-0.2, -0.15) is 8.42 Å². The molecule has 0 aromatic carbocycles. The van der Waals surface area contributed by atoms with Crippen molar-refractivity contribution in [2.24, 2.45) is 0 Å². The van der Waals surface area contributed by atoms with E-state index < -0.39 is 16.4 Å². The van der Waals surface area contributed by atoms with Crippen LogP contribution in [0.15, 0.2) is 0 Å². The van der Waals surface area contributed by atoms with Crippen molar-refractivity contribution in [3.05, 3.63) is 0 Å². The minimum atomic E-state index is -3.43. The summed E-state index contributed by atoms with van der Waals surface area (Å²) in [5.41, 5.74) is 0. The molecule has 0 saturated carbocycles. The Hall–Kier alpha value is -0.170. The van der Waals surface area contributed by atoms with Crippen molar-refractivity contribution in [1.82, 2.24) is 0 Å². The molecule has 1 saturated heterocycles. The highest BCUT2D eigenvalue weighted by Gasteiger charge is 2.19. The van der Waals surface area contributed by atoms with Crippen LogP contribution in [0.3, 0.4) is 0 Å². The van der Waals surface area contributed by atoms with Gasteiger partial charge in [0.05, 0.1) is 26.1 Å². The second-order valence-electron chi connectivity index (χ2n) is 2.18. The molecule has 1 aliphatic rings. The summed E-state index contributed by atoms with van der Waals surface area (Å²) in [6.07, 6.45) is 0.212. The van der Waals surface area contributed by atoms with Crippen LogP contribution in [0.2, 0.25) is 0 Å². The first-order chi connectivity index (χ1) is 5.08. The molecule has 11 heavy (non-hydrogen) atoms. The highest BCUT2D eigenvalue weighted by atomic mass is 32.2. The lowest BCUT2D eigenvalue weighted by atomic mass is 10.6. The van der Waals surface area contributed by atoms with Crippen molar-refractivity contribution in [1.29, 1.82) is 0 Å². The zero-order valence-electron chi connectivity index (χ0n) is 6.15. The molecule has 0 amide bonds. The number of ether oxygens (including phenoxy) is 2. The molecule has 0 radical (unpaired) electrons. The summed E-state index contributed by atoms with van der Waals surface area (Å²) in [6, 6.07) is 0. The summed E-state index contributed by atoms with van der Waals surface area (Å²) < 4.78 is 35.4. The molecule has 1 heterocycles. The molecule has 1 fully saturated rings. The van der Waals surface area contributed by atoms with E-state index in [0.29, 0.717) is 13.2 Å². The van der Waals surface area contributed by atoms with E-state index in [2.05, 4.69) is 4.18 Å². The maximum atomic E-state index is 10.5. The largest absolute Gasteiger partial charge is 0.374 e. The zero-order chi connectivity index (χ0) is 8.32. The third-order valence-electron chi connectivity index (χ3n) is 1.07. The predicted molar refractivity (Wildman–Crippen MR) is 36.5 cm³/mol. The standard InChI is InChI=1S/C5H10O5S/c1-11(6,7)10-5-4-8-2-3-9-5/h5H,2-4H2,1H3/t5-/m1/s1. The van der Waals surface area contributed by atoms with E-state index >= 15 is 0 Å². The summed E-state index contributed by atoms with van der Waals surface area (Å²) in [4.78, 5) is 0. The number of rotatable bonds is 2. The molecule has 0 N–H and O–H groups in total. The van der Waals surface area contributed by atoms with Gasteiger partial charge in [0.15, 0.2) is 6.29 Å². The van der Waals surface area contributed by atoms with Gasteiger partial charge in [0.2, 0.25) is 0 Å². The van der Waals surface area contributed by atoms with Crippen molar-refractivity contribution >= 4 is 10.1 Å². The molecule has 6 heteroatoms. The highest BCUT2D eigenvalue weighted by Crippen LogP contribution is 2.04. The lowest BCUT2D eigenvalue weighted by Gasteiger charge is -2.21. The second kappa shape index (κ2) is 3.48. The topological polar surface area (TPSA) is 61.8 Å². The van der Waals surface area contributed by atoms with Crippen LogP contribution in [0.5, 0.6) is 0 Å². The third-order valence-corrected chi connectivity index (χ3v) is 1.63. The summed E-state index contributed by atoms with van der Waals surface area (Å²) in [5, 5.41) is 0. The smallest absolute Gasteiger partial charge is 0.266 e. The van der Waals surface area contributed by atoms with E-state index in [1.165, 1.54) is 0 Å². The minimum Gasteiger partial charge on any atom is -0.374 e. The summed E-state index contributed by atoms with van der Waals surface area (Å²) in [7, 11) is -3.43. The lowest BCUT2D eigenvalue weighted by Crippen LogP contribution is -2.32. The van der Waals surface area contributed by atoms with E-state index in [-0.39, 0.29) is 6.61 Å². The van der Waals surface area contributed by atoms with Gasteiger partial charge in [-0.05, 0) is 0 Å². The van der Waals surface area contributed by atoms with Crippen LogP contribution in [0.1, 0.15) is 0 Å². The first-order valence-electron chi connectivity index (χ1n) is 3.15. The predicted octanol–water partition coefficient (Wildman–Crippen LogP) is -0.665. The first-order valence-corrected chi connectivity index (χ1v) is 4.97. The van der Waals surface area contributed by atoms with Crippen molar-refractivity contribution < 1.29 is 22.1 Å². The normalized spacial score (nSPS) is 26.8. The molecule has 0 aromatic rings. The highest BCUT2D eigenvalue weighted by molar-refractivity contribution is 7.86. The molecule has 1 rings (SSSR count). The van der Waals surface area contributed by atoms with Crippen LogP contribution < -0.4 is 0 Å². The second-order valence-corrected chi connectivity index (χ2v) is 3.78. The van der Waals surface area contributed by atoms with Crippen LogP contribution in [0, 0.1) is 0 Å². The average molecular weight is 182 g/mol. The Morgan fingerprint density at radius 2 is 2.18 bits per heavy atom. The van der Waals surface area contributed by atoms with Gasteiger partial charge < -0.3 is 9.47 Å². The van der Waals surface area contributed by atoms with Crippen LogP contribution in [-0.4, -0.2) is 40.8 Å². The fourth-order valence-corrected chi connectivity index (χ4v) is 1.22. The van der Waals surface area contributed by atoms with Crippen molar-refractivity contribution in [3.63, 3.8) is 0 Å². The van der Waals surface area contributed by atoms with Crippen molar-refractivity contribution in [2.75, 3.05) is 26.1 Å².